The van der Waals surface area contributed by atoms with Crippen LogP contribution >= 0.6 is 0 Å². The first-order valence-corrected chi connectivity index (χ1v) is 8.37. The first-order valence-electron chi connectivity index (χ1n) is 8.37. The summed E-state index contributed by atoms with van der Waals surface area (Å²) >= 11 is 0. The van der Waals surface area contributed by atoms with Crippen LogP contribution in [0.4, 0.5) is 0 Å². The second-order valence-corrected chi connectivity index (χ2v) is 6.62. The maximum Gasteiger partial charge on any atom is 0.0376 e. The fourth-order valence-electron chi connectivity index (χ4n) is 4.19. The molecule has 1 aromatic carbocycles. The highest BCUT2D eigenvalue weighted by atomic mass is 15.2. The highest BCUT2D eigenvalue weighted by molar-refractivity contribution is 5.20. The van der Waals surface area contributed by atoms with Crippen LogP contribution in [0, 0.1) is 11.8 Å². The van der Waals surface area contributed by atoms with Crippen LogP contribution < -0.4 is 5.73 Å². The zero-order chi connectivity index (χ0) is 13.8. The Labute approximate surface area is 123 Å². The molecule has 0 bridgehead atoms. The molecule has 1 unspecified atom stereocenters. The summed E-state index contributed by atoms with van der Waals surface area (Å²) in [7, 11) is 0. The van der Waals surface area contributed by atoms with Crippen molar-refractivity contribution in [1.82, 2.24) is 4.90 Å². The third-order valence-electron chi connectivity index (χ3n) is 5.35. The van der Waals surface area contributed by atoms with Crippen LogP contribution in [-0.2, 0) is 0 Å². The molecular formula is C18H28N2. The monoisotopic (exact) mass is 272 g/mol. The lowest BCUT2D eigenvalue weighted by atomic mass is 9.76. The molecule has 1 aliphatic heterocycles. The zero-order valence-corrected chi connectivity index (χ0v) is 12.5. The zero-order valence-electron chi connectivity index (χ0n) is 12.5. The first-order chi connectivity index (χ1) is 9.88. The number of likely N-dealkylation sites (tertiary alicyclic amines) is 1. The molecule has 1 aliphatic carbocycles. The summed E-state index contributed by atoms with van der Waals surface area (Å²) in [6.45, 7) is 3.46. The lowest BCUT2D eigenvalue weighted by Crippen LogP contribution is -2.34. The Morgan fingerprint density at radius 2 is 1.65 bits per heavy atom. The van der Waals surface area contributed by atoms with Gasteiger partial charge in [-0.1, -0.05) is 30.3 Å². The van der Waals surface area contributed by atoms with Gasteiger partial charge in [-0.25, -0.2) is 0 Å². The highest BCUT2D eigenvalue weighted by Crippen LogP contribution is 2.41. The Balaban J connectivity index is 1.76. The molecule has 0 spiro atoms. The van der Waals surface area contributed by atoms with Crippen molar-refractivity contribution in [2.75, 3.05) is 19.6 Å². The van der Waals surface area contributed by atoms with E-state index in [0.29, 0.717) is 6.04 Å². The van der Waals surface area contributed by atoms with Gasteiger partial charge in [-0.15, -0.1) is 0 Å². The van der Waals surface area contributed by atoms with Crippen LogP contribution in [0.1, 0.15) is 50.1 Å². The van der Waals surface area contributed by atoms with E-state index in [9.17, 15) is 0 Å². The number of hydrogen-bond donors (Lipinski definition) is 1. The van der Waals surface area contributed by atoms with Gasteiger partial charge in [-0.2, -0.15) is 0 Å². The topological polar surface area (TPSA) is 29.3 Å². The predicted molar refractivity (Wildman–Crippen MR) is 84.5 cm³/mol. The molecule has 0 radical (unpaired) electrons. The van der Waals surface area contributed by atoms with E-state index in [4.69, 9.17) is 5.73 Å². The molecular weight excluding hydrogens is 244 g/mol. The van der Waals surface area contributed by atoms with Crippen molar-refractivity contribution in [3.8, 4) is 0 Å². The van der Waals surface area contributed by atoms with Gasteiger partial charge < -0.3 is 5.73 Å². The molecule has 2 nitrogen and oxygen atoms in total. The first kappa shape index (κ1) is 14.1. The Hall–Kier alpha value is -0.860. The van der Waals surface area contributed by atoms with Crippen LogP contribution in [0.5, 0.6) is 0 Å². The van der Waals surface area contributed by atoms with E-state index in [2.05, 4.69) is 35.2 Å². The van der Waals surface area contributed by atoms with Crippen molar-refractivity contribution >= 4 is 0 Å². The third kappa shape index (κ3) is 3.07. The summed E-state index contributed by atoms with van der Waals surface area (Å²) in [5.41, 5.74) is 7.38. The van der Waals surface area contributed by atoms with Gasteiger partial charge in [-0.3, -0.25) is 4.90 Å². The molecule has 1 saturated heterocycles. The number of hydrogen-bond acceptors (Lipinski definition) is 2. The molecule has 1 atom stereocenters. The minimum Gasteiger partial charge on any atom is -0.330 e. The largest absolute Gasteiger partial charge is 0.330 e. The van der Waals surface area contributed by atoms with Crippen molar-refractivity contribution in [2.24, 2.45) is 17.6 Å². The molecule has 20 heavy (non-hydrogen) atoms. The number of rotatable bonds is 4. The van der Waals surface area contributed by atoms with Crippen molar-refractivity contribution in [1.29, 1.82) is 0 Å². The average Bonchev–Trinajstić information content (AvgIpc) is 3.03. The van der Waals surface area contributed by atoms with Gasteiger partial charge in [0.2, 0.25) is 0 Å². The van der Waals surface area contributed by atoms with Crippen molar-refractivity contribution in [2.45, 2.75) is 44.6 Å². The fraction of sp³-hybridized carbons (Fsp3) is 0.667. The van der Waals surface area contributed by atoms with Crippen LogP contribution in [0.25, 0.3) is 0 Å². The number of nitrogens with two attached hydrogens (primary N) is 1. The van der Waals surface area contributed by atoms with Crippen LogP contribution in [0.2, 0.25) is 0 Å². The standard InChI is InChI=1S/C18H28N2/c19-14-15-8-10-17(11-9-15)18(20-12-4-5-13-20)16-6-2-1-3-7-16/h1-3,6-7,15,17-18H,4-5,8-14,19H2. The number of benzene rings is 1. The molecule has 2 fully saturated rings. The van der Waals surface area contributed by atoms with Gasteiger partial charge in [0.15, 0.2) is 0 Å². The van der Waals surface area contributed by atoms with Crippen molar-refractivity contribution < 1.29 is 0 Å². The fourth-order valence-corrected chi connectivity index (χ4v) is 4.19. The second kappa shape index (κ2) is 6.73. The summed E-state index contributed by atoms with van der Waals surface area (Å²) in [6, 6.07) is 11.8. The van der Waals surface area contributed by atoms with Crippen LogP contribution in [-0.4, -0.2) is 24.5 Å². The summed E-state index contributed by atoms with van der Waals surface area (Å²) in [6.07, 6.45) is 8.13. The molecule has 0 amide bonds. The summed E-state index contributed by atoms with van der Waals surface area (Å²) in [5.74, 6) is 1.61. The molecule has 2 aliphatic rings. The Morgan fingerprint density at radius 1 is 1.00 bits per heavy atom. The smallest absolute Gasteiger partial charge is 0.0376 e. The van der Waals surface area contributed by atoms with E-state index in [0.717, 1.165) is 18.4 Å². The molecule has 110 valence electrons. The molecule has 1 heterocycles. The van der Waals surface area contributed by atoms with E-state index < -0.39 is 0 Å². The van der Waals surface area contributed by atoms with E-state index in [-0.39, 0.29) is 0 Å². The molecule has 3 rings (SSSR count). The maximum absolute atomic E-state index is 5.85. The Bertz CT molecular complexity index is 389. The maximum atomic E-state index is 5.85. The molecule has 1 aromatic rings. The van der Waals surface area contributed by atoms with Crippen LogP contribution in [0.15, 0.2) is 30.3 Å². The van der Waals surface area contributed by atoms with Gasteiger partial charge in [0.1, 0.15) is 0 Å². The van der Waals surface area contributed by atoms with E-state index in [1.165, 1.54) is 57.2 Å². The van der Waals surface area contributed by atoms with Gasteiger partial charge in [0, 0.05) is 6.04 Å². The molecule has 2 N–H and O–H groups in total. The van der Waals surface area contributed by atoms with Crippen LogP contribution in [0.3, 0.4) is 0 Å². The lowest BCUT2D eigenvalue weighted by Gasteiger charge is -2.39. The van der Waals surface area contributed by atoms with Gasteiger partial charge in [-0.05, 0) is 75.6 Å². The Morgan fingerprint density at radius 3 is 2.25 bits per heavy atom. The van der Waals surface area contributed by atoms with E-state index >= 15 is 0 Å². The predicted octanol–water partition coefficient (Wildman–Crippen LogP) is 3.59. The summed E-state index contributed by atoms with van der Waals surface area (Å²) in [4.78, 5) is 2.74. The minimum absolute atomic E-state index is 0.650. The normalized spacial score (nSPS) is 29.4. The van der Waals surface area contributed by atoms with E-state index in [1.807, 2.05) is 0 Å². The average molecular weight is 272 g/mol. The minimum atomic E-state index is 0.650. The quantitative estimate of drug-likeness (QED) is 0.907. The Kier molecular flexibility index (Phi) is 4.74. The third-order valence-corrected chi connectivity index (χ3v) is 5.35. The van der Waals surface area contributed by atoms with Gasteiger partial charge >= 0.3 is 0 Å². The van der Waals surface area contributed by atoms with Crippen molar-refractivity contribution in [3.63, 3.8) is 0 Å². The molecule has 2 heteroatoms. The second-order valence-electron chi connectivity index (χ2n) is 6.62. The highest BCUT2D eigenvalue weighted by Gasteiger charge is 2.33. The number of nitrogens with zero attached hydrogens (tertiary/aromatic N) is 1. The lowest BCUT2D eigenvalue weighted by molar-refractivity contribution is 0.128. The van der Waals surface area contributed by atoms with Gasteiger partial charge in [0.05, 0.1) is 0 Å². The van der Waals surface area contributed by atoms with Crippen molar-refractivity contribution in [3.05, 3.63) is 35.9 Å². The summed E-state index contributed by atoms with van der Waals surface area (Å²) < 4.78 is 0. The van der Waals surface area contributed by atoms with Gasteiger partial charge in [0.25, 0.3) is 0 Å². The molecule has 0 aromatic heterocycles. The molecule has 1 saturated carbocycles. The summed E-state index contributed by atoms with van der Waals surface area (Å²) in [5, 5.41) is 0. The SMILES string of the molecule is NCC1CCC(C(c2ccccc2)N2CCCC2)CC1. The van der Waals surface area contributed by atoms with E-state index in [1.54, 1.807) is 0 Å².